The molecule has 170 valence electrons. The Hall–Kier alpha value is -3.11. The van der Waals surface area contributed by atoms with Crippen molar-refractivity contribution in [2.45, 2.75) is 4.90 Å². The van der Waals surface area contributed by atoms with Crippen LogP contribution in [-0.4, -0.2) is 52.4 Å². The number of morpholine rings is 1. The van der Waals surface area contributed by atoms with E-state index >= 15 is 0 Å². The average Bonchev–Trinajstić information content (AvgIpc) is 2.81. The SMILES string of the molecule is N=C(C=CN)c1cccc(Nc2c(SN3CCOCC3)cnc3ccc(Cl)cc23)c1C(=O)O. The van der Waals surface area contributed by atoms with E-state index in [1.54, 1.807) is 36.5 Å². The Labute approximate surface area is 200 Å². The molecule has 0 radical (unpaired) electrons. The molecule has 2 aromatic carbocycles. The number of nitrogens with two attached hydrogens (primary N) is 1. The van der Waals surface area contributed by atoms with E-state index in [1.807, 2.05) is 6.07 Å². The number of carboxylic acid groups (broad SMARTS) is 1. The molecular formula is C23H22ClN5O3S. The van der Waals surface area contributed by atoms with Gasteiger partial charge in [0, 0.05) is 35.3 Å². The predicted octanol–water partition coefficient (Wildman–Crippen LogP) is 4.51. The molecule has 8 nitrogen and oxygen atoms in total. The van der Waals surface area contributed by atoms with Gasteiger partial charge in [0.05, 0.1) is 46.3 Å². The van der Waals surface area contributed by atoms with Crippen molar-refractivity contribution in [3.05, 3.63) is 71.0 Å². The third-order valence-corrected chi connectivity index (χ3v) is 6.45. The molecule has 1 fully saturated rings. The Balaban J connectivity index is 1.84. The number of rotatable bonds is 7. The van der Waals surface area contributed by atoms with E-state index < -0.39 is 5.97 Å². The Morgan fingerprint density at radius 2 is 2.09 bits per heavy atom. The van der Waals surface area contributed by atoms with Gasteiger partial charge in [-0.05, 0) is 48.5 Å². The lowest BCUT2D eigenvalue weighted by molar-refractivity contribution is 0.0697. The van der Waals surface area contributed by atoms with Crippen LogP contribution in [-0.2, 0) is 4.74 Å². The van der Waals surface area contributed by atoms with Crippen LogP contribution in [0.3, 0.4) is 0 Å². The van der Waals surface area contributed by atoms with E-state index in [0.717, 1.165) is 28.9 Å². The summed E-state index contributed by atoms with van der Waals surface area (Å²) >= 11 is 7.82. The van der Waals surface area contributed by atoms with Crippen LogP contribution >= 0.6 is 23.5 Å². The Morgan fingerprint density at radius 1 is 1.30 bits per heavy atom. The molecule has 0 aliphatic carbocycles. The van der Waals surface area contributed by atoms with Crippen molar-refractivity contribution in [3.8, 4) is 0 Å². The summed E-state index contributed by atoms with van der Waals surface area (Å²) in [5, 5.41) is 22.8. The Bertz CT molecular complexity index is 1240. The van der Waals surface area contributed by atoms with Crippen LogP contribution in [0.25, 0.3) is 10.9 Å². The number of nitrogens with zero attached hydrogens (tertiary/aromatic N) is 2. The number of nitrogens with one attached hydrogen (secondary N) is 2. The fourth-order valence-corrected chi connectivity index (χ4v) is 4.69. The summed E-state index contributed by atoms with van der Waals surface area (Å²) in [6.45, 7) is 2.81. The van der Waals surface area contributed by atoms with Crippen LogP contribution in [0.15, 0.2) is 59.8 Å². The fourth-order valence-electron chi connectivity index (χ4n) is 3.55. The molecule has 0 bridgehead atoms. The summed E-state index contributed by atoms with van der Waals surface area (Å²) in [6, 6.07) is 10.4. The molecule has 3 aromatic rings. The van der Waals surface area contributed by atoms with Crippen molar-refractivity contribution in [2.24, 2.45) is 5.73 Å². The molecule has 10 heteroatoms. The summed E-state index contributed by atoms with van der Waals surface area (Å²) < 4.78 is 7.62. The molecule has 1 aliphatic heterocycles. The maximum atomic E-state index is 12.2. The minimum Gasteiger partial charge on any atom is -0.478 e. The van der Waals surface area contributed by atoms with Gasteiger partial charge in [0.15, 0.2) is 0 Å². The second-order valence-corrected chi connectivity index (χ2v) is 8.80. The third-order valence-electron chi connectivity index (χ3n) is 5.08. The lowest BCUT2D eigenvalue weighted by Crippen LogP contribution is -2.31. The molecule has 0 unspecified atom stereocenters. The average molecular weight is 484 g/mol. The number of carboxylic acids is 1. The fraction of sp³-hybridized carbons (Fsp3) is 0.174. The van der Waals surface area contributed by atoms with Gasteiger partial charge >= 0.3 is 5.97 Å². The number of anilines is 2. The van der Waals surface area contributed by atoms with Crippen LogP contribution in [0.2, 0.25) is 5.02 Å². The van der Waals surface area contributed by atoms with Gasteiger partial charge in [-0.25, -0.2) is 9.10 Å². The van der Waals surface area contributed by atoms with Crippen LogP contribution < -0.4 is 11.1 Å². The zero-order valence-corrected chi connectivity index (χ0v) is 19.1. The van der Waals surface area contributed by atoms with Gasteiger partial charge in [0.2, 0.25) is 0 Å². The molecule has 0 atom stereocenters. The van der Waals surface area contributed by atoms with Crippen molar-refractivity contribution in [1.29, 1.82) is 5.41 Å². The summed E-state index contributed by atoms with van der Waals surface area (Å²) in [5.74, 6) is -1.15. The number of aromatic nitrogens is 1. The summed E-state index contributed by atoms with van der Waals surface area (Å²) in [4.78, 5) is 17.6. The lowest BCUT2D eigenvalue weighted by atomic mass is 10.0. The van der Waals surface area contributed by atoms with Crippen LogP contribution in [0.5, 0.6) is 0 Å². The molecular weight excluding hydrogens is 462 g/mol. The van der Waals surface area contributed by atoms with Gasteiger partial charge in [0.1, 0.15) is 0 Å². The number of carbonyl (C=O) groups is 1. The van der Waals surface area contributed by atoms with Gasteiger partial charge in [-0.2, -0.15) is 0 Å². The molecule has 1 saturated heterocycles. The maximum Gasteiger partial charge on any atom is 0.338 e. The molecule has 2 heterocycles. The minimum atomic E-state index is -1.15. The zero-order valence-electron chi connectivity index (χ0n) is 17.5. The van der Waals surface area contributed by atoms with Crippen molar-refractivity contribution in [3.63, 3.8) is 0 Å². The van der Waals surface area contributed by atoms with E-state index in [1.165, 1.54) is 24.2 Å². The van der Waals surface area contributed by atoms with Gasteiger partial charge < -0.3 is 26.3 Å². The predicted molar refractivity (Wildman–Crippen MR) is 132 cm³/mol. The number of halogens is 1. The number of pyridine rings is 1. The lowest BCUT2D eigenvalue weighted by Gasteiger charge is -2.26. The molecule has 4 rings (SSSR count). The molecule has 5 N–H and O–H groups in total. The van der Waals surface area contributed by atoms with E-state index in [4.69, 9.17) is 27.5 Å². The number of hydrogen-bond donors (Lipinski definition) is 4. The maximum absolute atomic E-state index is 12.2. The first kappa shape index (κ1) is 23.1. The Morgan fingerprint density at radius 3 is 2.82 bits per heavy atom. The number of fused-ring (bicyclic) bond motifs is 1. The first-order valence-corrected chi connectivity index (χ1v) is 11.3. The van der Waals surface area contributed by atoms with Crippen molar-refractivity contribution >= 4 is 57.5 Å². The molecule has 0 amide bonds. The Kier molecular flexibility index (Phi) is 7.14. The van der Waals surface area contributed by atoms with Crippen molar-refractivity contribution in [1.82, 2.24) is 9.29 Å². The summed E-state index contributed by atoms with van der Waals surface area (Å²) in [7, 11) is 0. The number of hydrogen-bond acceptors (Lipinski definition) is 8. The van der Waals surface area contributed by atoms with Gasteiger partial charge in [-0.15, -0.1) is 0 Å². The second-order valence-electron chi connectivity index (χ2n) is 7.22. The molecule has 0 spiro atoms. The molecule has 1 aromatic heterocycles. The first-order chi connectivity index (χ1) is 16.0. The largest absolute Gasteiger partial charge is 0.478 e. The normalized spacial score (nSPS) is 14.6. The highest BCUT2D eigenvalue weighted by molar-refractivity contribution is 7.97. The van der Waals surface area contributed by atoms with Crippen LogP contribution in [0, 0.1) is 5.41 Å². The van der Waals surface area contributed by atoms with Crippen LogP contribution in [0.4, 0.5) is 11.4 Å². The molecule has 1 aliphatic rings. The quantitative estimate of drug-likeness (QED) is 0.286. The second kappa shape index (κ2) is 10.2. The highest BCUT2D eigenvalue weighted by atomic mass is 35.5. The topological polar surface area (TPSA) is 125 Å². The number of aromatic carboxylic acids is 1. The molecule has 33 heavy (non-hydrogen) atoms. The number of benzene rings is 2. The highest BCUT2D eigenvalue weighted by Gasteiger charge is 2.21. The monoisotopic (exact) mass is 483 g/mol. The number of ether oxygens (including phenoxy) is 1. The standard InChI is InChI=1S/C23H22ClN5O3S/c24-14-4-5-18-16(12-14)22(20(13-27-18)33-29-8-10-32-11-9-29)28-19-3-1-2-15(17(26)6-7-25)21(19)23(30)31/h1-7,12-13,26H,8-11,25H2,(H,27,28)(H,30,31). The van der Waals surface area contributed by atoms with Crippen molar-refractivity contribution < 1.29 is 14.6 Å². The van der Waals surface area contributed by atoms with E-state index in [-0.39, 0.29) is 16.8 Å². The van der Waals surface area contributed by atoms with E-state index in [2.05, 4.69) is 14.6 Å². The number of allylic oxidation sites excluding steroid dienone is 1. The van der Waals surface area contributed by atoms with Gasteiger partial charge in [-0.1, -0.05) is 23.7 Å². The minimum absolute atomic E-state index is 0.00379. The highest BCUT2D eigenvalue weighted by Crippen LogP contribution is 2.39. The summed E-state index contributed by atoms with van der Waals surface area (Å²) in [5.41, 5.74) is 7.43. The van der Waals surface area contributed by atoms with Crippen LogP contribution in [0.1, 0.15) is 15.9 Å². The molecule has 0 saturated carbocycles. The van der Waals surface area contributed by atoms with Crippen molar-refractivity contribution in [2.75, 3.05) is 31.6 Å². The third kappa shape index (κ3) is 5.12. The van der Waals surface area contributed by atoms with Gasteiger partial charge in [-0.3, -0.25) is 4.98 Å². The zero-order chi connectivity index (χ0) is 23.4. The smallest absolute Gasteiger partial charge is 0.338 e. The first-order valence-electron chi connectivity index (χ1n) is 10.2. The summed E-state index contributed by atoms with van der Waals surface area (Å²) in [6.07, 6.45) is 4.33. The van der Waals surface area contributed by atoms with E-state index in [0.29, 0.717) is 29.6 Å². The van der Waals surface area contributed by atoms with E-state index in [9.17, 15) is 9.90 Å². The van der Waals surface area contributed by atoms with Gasteiger partial charge in [0.25, 0.3) is 0 Å².